The topological polar surface area (TPSA) is 55.2 Å². The lowest BCUT2D eigenvalue weighted by Crippen LogP contribution is -1.92. The zero-order chi connectivity index (χ0) is 12.3. The first-order chi connectivity index (χ1) is 8.22. The fraction of sp³-hybridized carbons (Fsp3) is 0.0769. The van der Waals surface area contributed by atoms with Crippen LogP contribution < -0.4 is 5.32 Å². The molecule has 0 radical (unpaired) electrons. The number of non-ortho nitro benzene ring substituents is 1. The minimum atomic E-state index is -0.395. The summed E-state index contributed by atoms with van der Waals surface area (Å²) in [4.78, 5) is 10.2. The van der Waals surface area contributed by atoms with Crippen LogP contribution in [0.4, 0.5) is 11.4 Å². The molecule has 0 fully saturated rings. The Morgan fingerprint density at radius 2 is 1.71 bits per heavy atom. The number of benzene rings is 2. The van der Waals surface area contributed by atoms with Crippen molar-refractivity contribution in [2.75, 3.05) is 12.4 Å². The van der Waals surface area contributed by atoms with E-state index in [-0.39, 0.29) is 5.69 Å². The first-order valence-corrected chi connectivity index (χ1v) is 5.24. The highest BCUT2D eigenvalue weighted by Crippen LogP contribution is 2.28. The predicted molar refractivity (Wildman–Crippen MR) is 68.1 cm³/mol. The number of nitro groups is 1. The van der Waals surface area contributed by atoms with Gasteiger partial charge < -0.3 is 5.32 Å². The van der Waals surface area contributed by atoms with Crippen molar-refractivity contribution >= 4 is 11.4 Å². The van der Waals surface area contributed by atoms with E-state index in [4.69, 9.17) is 0 Å². The van der Waals surface area contributed by atoms with E-state index in [2.05, 4.69) is 5.32 Å². The van der Waals surface area contributed by atoms with Crippen LogP contribution in [0.1, 0.15) is 0 Å². The number of para-hydroxylation sites is 1. The molecular weight excluding hydrogens is 216 g/mol. The lowest BCUT2D eigenvalue weighted by molar-refractivity contribution is -0.384. The SMILES string of the molecule is CNc1ccccc1-c1ccc([N+](=O)[O-])cc1. The van der Waals surface area contributed by atoms with E-state index in [1.807, 2.05) is 31.3 Å². The minimum Gasteiger partial charge on any atom is -0.388 e. The van der Waals surface area contributed by atoms with Crippen molar-refractivity contribution in [3.8, 4) is 11.1 Å². The summed E-state index contributed by atoms with van der Waals surface area (Å²) >= 11 is 0. The Morgan fingerprint density at radius 3 is 2.29 bits per heavy atom. The molecule has 0 aliphatic carbocycles. The zero-order valence-corrected chi connectivity index (χ0v) is 9.38. The van der Waals surface area contributed by atoms with E-state index < -0.39 is 4.92 Å². The summed E-state index contributed by atoms with van der Waals surface area (Å²) in [7, 11) is 1.85. The van der Waals surface area contributed by atoms with E-state index in [0.29, 0.717) is 0 Å². The Bertz CT molecular complexity index is 535. The van der Waals surface area contributed by atoms with Crippen LogP contribution in [0, 0.1) is 10.1 Å². The second kappa shape index (κ2) is 4.65. The summed E-state index contributed by atoms with van der Waals surface area (Å²) in [6.45, 7) is 0. The Balaban J connectivity index is 2.43. The molecule has 0 saturated carbocycles. The predicted octanol–water partition coefficient (Wildman–Crippen LogP) is 3.30. The maximum Gasteiger partial charge on any atom is 0.269 e. The van der Waals surface area contributed by atoms with Gasteiger partial charge in [0.25, 0.3) is 5.69 Å². The molecular formula is C13H12N2O2. The highest BCUT2D eigenvalue weighted by atomic mass is 16.6. The molecule has 0 aromatic heterocycles. The minimum absolute atomic E-state index is 0.107. The Morgan fingerprint density at radius 1 is 1.06 bits per heavy atom. The summed E-state index contributed by atoms with van der Waals surface area (Å²) in [6, 6.07) is 14.4. The first kappa shape index (κ1) is 11.1. The molecule has 0 saturated heterocycles. The molecule has 0 aliphatic heterocycles. The van der Waals surface area contributed by atoms with Gasteiger partial charge in [-0.25, -0.2) is 0 Å². The molecule has 0 atom stereocenters. The van der Waals surface area contributed by atoms with E-state index in [1.165, 1.54) is 12.1 Å². The molecule has 2 rings (SSSR count). The molecule has 86 valence electrons. The van der Waals surface area contributed by atoms with Gasteiger partial charge in [-0.15, -0.1) is 0 Å². The molecule has 17 heavy (non-hydrogen) atoms. The Labute approximate surface area is 99.1 Å². The van der Waals surface area contributed by atoms with Gasteiger partial charge in [0, 0.05) is 30.4 Å². The second-order valence-corrected chi connectivity index (χ2v) is 3.60. The third-order valence-electron chi connectivity index (χ3n) is 2.59. The van der Waals surface area contributed by atoms with Crippen LogP contribution in [-0.2, 0) is 0 Å². The third kappa shape index (κ3) is 2.25. The van der Waals surface area contributed by atoms with Gasteiger partial charge in [0.2, 0.25) is 0 Å². The molecule has 2 aromatic rings. The lowest BCUT2D eigenvalue weighted by atomic mass is 10.0. The molecule has 0 amide bonds. The van der Waals surface area contributed by atoms with E-state index in [9.17, 15) is 10.1 Å². The average Bonchev–Trinajstić information content (AvgIpc) is 2.39. The number of rotatable bonds is 3. The number of nitrogens with zero attached hydrogens (tertiary/aromatic N) is 1. The van der Waals surface area contributed by atoms with Crippen LogP contribution in [0.3, 0.4) is 0 Å². The number of anilines is 1. The molecule has 4 nitrogen and oxygen atoms in total. The lowest BCUT2D eigenvalue weighted by Gasteiger charge is -2.08. The molecule has 0 heterocycles. The van der Waals surface area contributed by atoms with Crippen molar-refractivity contribution in [3.63, 3.8) is 0 Å². The first-order valence-electron chi connectivity index (χ1n) is 5.24. The number of nitrogens with one attached hydrogen (secondary N) is 1. The second-order valence-electron chi connectivity index (χ2n) is 3.60. The van der Waals surface area contributed by atoms with Crippen molar-refractivity contribution in [1.29, 1.82) is 0 Å². The normalized spacial score (nSPS) is 9.94. The van der Waals surface area contributed by atoms with Crippen molar-refractivity contribution in [2.24, 2.45) is 0 Å². The van der Waals surface area contributed by atoms with Crippen molar-refractivity contribution < 1.29 is 4.92 Å². The summed E-state index contributed by atoms with van der Waals surface area (Å²) in [5.74, 6) is 0. The van der Waals surface area contributed by atoms with Gasteiger partial charge >= 0.3 is 0 Å². The summed E-state index contributed by atoms with van der Waals surface area (Å²) < 4.78 is 0. The van der Waals surface area contributed by atoms with Gasteiger partial charge in [-0.1, -0.05) is 18.2 Å². The molecule has 0 unspecified atom stereocenters. The fourth-order valence-electron chi connectivity index (χ4n) is 1.72. The van der Waals surface area contributed by atoms with Crippen molar-refractivity contribution in [2.45, 2.75) is 0 Å². The Hall–Kier alpha value is -2.36. The van der Waals surface area contributed by atoms with Crippen molar-refractivity contribution in [3.05, 3.63) is 58.6 Å². The largest absolute Gasteiger partial charge is 0.388 e. The van der Waals surface area contributed by atoms with Crippen LogP contribution in [0.2, 0.25) is 0 Å². The van der Waals surface area contributed by atoms with Crippen LogP contribution in [0.25, 0.3) is 11.1 Å². The number of nitro benzene ring substituents is 1. The van der Waals surface area contributed by atoms with Crippen LogP contribution >= 0.6 is 0 Å². The molecule has 1 N–H and O–H groups in total. The third-order valence-corrected chi connectivity index (χ3v) is 2.59. The van der Waals surface area contributed by atoms with Gasteiger partial charge in [0.05, 0.1) is 4.92 Å². The Kier molecular flexibility index (Phi) is 3.05. The molecule has 0 spiro atoms. The van der Waals surface area contributed by atoms with Gasteiger partial charge in [0.1, 0.15) is 0 Å². The average molecular weight is 228 g/mol. The summed E-state index contributed by atoms with van der Waals surface area (Å²) in [6.07, 6.45) is 0. The monoisotopic (exact) mass is 228 g/mol. The standard InChI is InChI=1S/C13H12N2O2/c1-14-13-5-3-2-4-12(13)10-6-8-11(9-7-10)15(16)17/h2-9,14H,1H3. The highest BCUT2D eigenvalue weighted by Gasteiger charge is 2.07. The molecule has 0 aliphatic rings. The van der Waals surface area contributed by atoms with Crippen LogP contribution in [-0.4, -0.2) is 12.0 Å². The van der Waals surface area contributed by atoms with Gasteiger partial charge in [-0.05, 0) is 23.8 Å². The smallest absolute Gasteiger partial charge is 0.269 e. The van der Waals surface area contributed by atoms with E-state index in [0.717, 1.165) is 16.8 Å². The number of hydrogen-bond donors (Lipinski definition) is 1. The molecule has 0 bridgehead atoms. The van der Waals surface area contributed by atoms with Crippen LogP contribution in [0.15, 0.2) is 48.5 Å². The quantitative estimate of drug-likeness (QED) is 0.647. The van der Waals surface area contributed by atoms with Gasteiger partial charge in [-0.2, -0.15) is 0 Å². The zero-order valence-electron chi connectivity index (χ0n) is 9.38. The van der Waals surface area contributed by atoms with E-state index in [1.54, 1.807) is 12.1 Å². The summed E-state index contributed by atoms with van der Waals surface area (Å²) in [5.41, 5.74) is 3.10. The maximum atomic E-state index is 10.6. The van der Waals surface area contributed by atoms with Gasteiger partial charge in [-0.3, -0.25) is 10.1 Å². The molecule has 2 aromatic carbocycles. The maximum absolute atomic E-state index is 10.6. The van der Waals surface area contributed by atoms with E-state index >= 15 is 0 Å². The summed E-state index contributed by atoms with van der Waals surface area (Å²) in [5, 5.41) is 13.7. The van der Waals surface area contributed by atoms with Crippen molar-refractivity contribution in [1.82, 2.24) is 0 Å². The fourth-order valence-corrected chi connectivity index (χ4v) is 1.72. The highest BCUT2D eigenvalue weighted by molar-refractivity contribution is 5.78. The number of hydrogen-bond acceptors (Lipinski definition) is 3. The van der Waals surface area contributed by atoms with Gasteiger partial charge in [0.15, 0.2) is 0 Å². The van der Waals surface area contributed by atoms with Crippen LogP contribution in [0.5, 0.6) is 0 Å². The molecule has 4 heteroatoms.